The predicted octanol–water partition coefficient (Wildman–Crippen LogP) is 0.522. The van der Waals surface area contributed by atoms with E-state index in [1.54, 1.807) is 0 Å². The van der Waals surface area contributed by atoms with Crippen LogP contribution in [0.2, 0.25) is 0 Å². The zero-order valence-electron chi connectivity index (χ0n) is 7.57. The SMILES string of the molecule is CC(C)(CCNC(N)=O)[N+](=O)[O-].Cl. The van der Waals surface area contributed by atoms with Gasteiger partial charge in [-0.1, -0.05) is 0 Å². The Morgan fingerprint density at radius 1 is 1.62 bits per heavy atom. The molecule has 0 fully saturated rings. The van der Waals surface area contributed by atoms with E-state index >= 15 is 0 Å². The van der Waals surface area contributed by atoms with Crippen molar-refractivity contribution >= 4 is 18.4 Å². The molecule has 0 aromatic heterocycles. The summed E-state index contributed by atoms with van der Waals surface area (Å²) >= 11 is 0. The molecule has 78 valence electrons. The average Bonchev–Trinajstić information content (AvgIpc) is 1.85. The van der Waals surface area contributed by atoms with Gasteiger partial charge >= 0.3 is 6.03 Å². The summed E-state index contributed by atoms with van der Waals surface area (Å²) in [6.07, 6.45) is 0.267. The first kappa shape index (κ1) is 14.5. The summed E-state index contributed by atoms with van der Waals surface area (Å²) in [6.45, 7) is 3.22. The Morgan fingerprint density at radius 3 is 2.38 bits per heavy atom. The summed E-state index contributed by atoms with van der Waals surface area (Å²) in [5, 5.41) is 12.6. The van der Waals surface area contributed by atoms with Crippen LogP contribution in [-0.4, -0.2) is 23.0 Å². The van der Waals surface area contributed by atoms with E-state index in [1.807, 2.05) is 0 Å². The minimum absolute atomic E-state index is 0. The predicted molar refractivity (Wildman–Crippen MR) is 50.5 cm³/mol. The zero-order chi connectivity index (χ0) is 9.78. The highest BCUT2D eigenvalue weighted by atomic mass is 35.5. The third kappa shape index (κ3) is 6.15. The smallest absolute Gasteiger partial charge is 0.312 e. The second kappa shape index (κ2) is 5.58. The third-order valence-corrected chi connectivity index (χ3v) is 1.53. The van der Waals surface area contributed by atoms with E-state index in [-0.39, 0.29) is 30.3 Å². The first-order valence-electron chi connectivity index (χ1n) is 3.54. The maximum atomic E-state index is 10.4. The van der Waals surface area contributed by atoms with Crippen LogP contribution in [-0.2, 0) is 0 Å². The summed E-state index contributed by atoms with van der Waals surface area (Å²) < 4.78 is 0. The van der Waals surface area contributed by atoms with Crippen molar-refractivity contribution in [2.45, 2.75) is 25.8 Å². The monoisotopic (exact) mass is 211 g/mol. The number of amides is 2. The Labute approximate surface area is 82.4 Å². The van der Waals surface area contributed by atoms with Crippen LogP contribution < -0.4 is 11.1 Å². The normalized spacial score (nSPS) is 10.0. The number of carbonyl (C=O) groups excluding carboxylic acids is 1. The van der Waals surface area contributed by atoms with E-state index in [4.69, 9.17) is 5.73 Å². The first-order valence-corrected chi connectivity index (χ1v) is 3.54. The molecule has 13 heavy (non-hydrogen) atoms. The van der Waals surface area contributed by atoms with Crippen molar-refractivity contribution in [2.24, 2.45) is 5.73 Å². The molecule has 0 aromatic rings. The highest BCUT2D eigenvalue weighted by molar-refractivity contribution is 5.85. The van der Waals surface area contributed by atoms with E-state index in [2.05, 4.69) is 5.32 Å². The van der Waals surface area contributed by atoms with E-state index < -0.39 is 11.6 Å². The Balaban J connectivity index is 0. The minimum Gasteiger partial charge on any atom is -0.352 e. The lowest BCUT2D eigenvalue weighted by Crippen LogP contribution is -2.38. The minimum atomic E-state index is -1.01. The maximum absolute atomic E-state index is 10.4. The first-order chi connectivity index (χ1) is 5.36. The fourth-order valence-corrected chi connectivity index (χ4v) is 0.583. The van der Waals surface area contributed by atoms with Gasteiger partial charge in [0.25, 0.3) is 0 Å². The Morgan fingerprint density at radius 2 is 2.08 bits per heavy atom. The number of carbonyl (C=O) groups is 1. The lowest BCUT2D eigenvalue weighted by Gasteiger charge is -2.14. The van der Waals surface area contributed by atoms with E-state index in [9.17, 15) is 14.9 Å². The van der Waals surface area contributed by atoms with Crippen LogP contribution >= 0.6 is 12.4 Å². The van der Waals surface area contributed by atoms with Gasteiger partial charge in [-0.05, 0) is 0 Å². The van der Waals surface area contributed by atoms with Crippen molar-refractivity contribution in [1.29, 1.82) is 0 Å². The molecule has 0 saturated heterocycles. The second-order valence-electron chi connectivity index (χ2n) is 3.11. The summed E-state index contributed by atoms with van der Waals surface area (Å²) in [4.78, 5) is 20.2. The molecule has 0 atom stereocenters. The molecule has 0 unspecified atom stereocenters. The van der Waals surface area contributed by atoms with Gasteiger partial charge in [-0.2, -0.15) is 0 Å². The van der Waals surface area contributed by atoms with Gasteiger partial charge in [-0.15, -0.1) is 12.4 Å². The fourth-order valence-electron chi connectivity index (χ4n) is 0.583. The van der Waals surface area contributed by atoms with Crippen LogP contribution in [0.25, 0.3) is 0 Å². The largest absolute Gasteiger partial charge is 0.352 e. The van der Waals surface area contributed by atoms with Crippen LogP contribution in [0.3, 0.4) is 0 Å². The van der Waals surface area contributed by atoms with Crippen LogP contribution in [0.1, 0.15) is 20.3 Å². The number of rotatable bonds is 4. The number of nitrogens with two attached hydrogens (primary N) is 1. The topological polar surface area (TPSA) is 98.3 Å². The highest BCUT2D eigenvalue weighted by Gasteiger charge is 2.29. The number of primary amides is 1. The van der Waals surface area contributed by atoms with Crippen LogP contribution in [0.15, 0.2) is 0 Å². The van der Waals surface area contributed by atoms with Gasteiger partial charge in [0.2, 0.25) is 5.54 Å². The second-order valence-corrected chi connectivity index (χ2v) is 3.11. The maximum Gasteiger partial charge on any atom is 0.312 e. The zero-order valence-corrected chi connectivity index (χ0v) is 8.39. The number of hydrogen-bond acceptors (Lipinski definition) is 3. The Kier molecular flexibility index (Phi) is 6.22. The molecule has 0 aliphatic carbocycles. The fraction of sp³-hybridized carbons (Fsp3) is 0.833. The molecule has 0 heterocycles. The number of hydrogen-bond donors (Lipinski definition) is 2. The molecule has 6 nitrogen and oxygen atoms in total. The van der Waals surface area contributed by atoms with Crippen molar-refractivity contribution in [3.8, 4) is 0 Å². The van der Waals surface area contributed by atoms with E-state index in [1.165, 1.54) is 13.8 Å². The number of nitro groups is 1. The molecule has 7 heteroatoms. The quantitative estimate of drug-likeness (QED) is 0.524. The molecule has 0 saturated carbocycles. The number of nitrogens with one attached hydrogen (secondary N) is 1. The molecule has 3 N–H and O–H groups in total. The molecule has 0 aliphatic heterocycles. The van der Waals surface area contributed by atoms with Gasteiger partial charge < -0.3 is 11.1 Å². The van der Waals surface area contributed by atoms with Gasteiger partial charge in [0.15, 0.2) is 0 Å². The summed E-state index contributed by atoms with van der Waals surface area (Å²) in [5.41, 5.74) is 3.77. The van der Waals surface area contributed by atoms with Gasteiger partial charge in [0, 0.05) is 31.7 Å². The van der Waals surface area contributed by atoms with E-state index in [0.717, 1.165) is 0 Å². The van der Waals surface area contributed by atoms with Crippen molar-refractivity contribution in [1.82, 2.24) is 5.32 Å². The van der Waals surface area contributed by atoms with Crippen molar-refractivity contribution in [3.05, 3.63) is 10.1 Å². The molecular formula is C6H14ClN3O3. The average molecular weight is 212 g/mol. The summed E-state index contributed by atoms with van der Waals surface area (Å²) in [7, 11) is 0. The van der Waals surface area contributed by atoms with Crippen molar-refractivity contribution in [2.75, 3.05) is 6.54 Å². The summed E-state index contributed by atoms with van der Waals surface area (Å²) in [6, 6.07) is -0.658. The van der Waals surface area contributed by atoms with Crippen LogP contribution in [0, 0.1) is 10.1 Å². The van der Waals surface area contributed by atoms with Crippen LogP contribution in [0.4, 0.5) is 4.79 Å². The molecule has 0 aliphatic rings. The summed E-state index contributed by atoms with van der Waals surface area (Å²) in [5.74, 6) is 0. The highest BCUT2D eigenvalue weighted by Crippen LogP contribution is 2.11. The lowest BCUT2D eigenvalue weighted by molar-refractivity contribution is -0.561. The number of halogens is 1. The molecule has 2 amide bonds. The Hall–Kier alpha value is -1.04. The molecular weight excluding hydrogens is 198 g/mol. The molecule has 0 radical (unpaired) electrons. The van der Waals surface area contributed by atoms with Gasteiger partial charge in [0.05, 0.1) is 0 Å². The number of urea groups is 1. The molecule has 0 aromatic carbocycles. The van der Waals surface area contributed by atoms with Crippen molar-refractivity contribution < 1.29 is 9.72 Å². The van der Waals surface area contributed by atoms with Crippen molar-refractivity contribution in [3.63, 3.8) is 0 Å². The van der Waals surface area contributed by atoms with Gasteiger partial charge in [0.1, 0.15) is 0 Å². The molecule has 0 rings (SSSR count). The standard InChI is InChI=1S/C6H13N3O3.ClH/c1-6(2,9(11)12)3-4-8-5(7)10;/h3-4H2,1-2H3,(H3,7,8,10);1H. The van der Waals surface area contributed by atoms with Gasteiger partial charge in [-0.25, -0.2) is 4.79 Å². The van der Waals surface area contributed by atoms with Crippen LogP contribution in [0.5, 0.6) is 0 Å². The van der Waals surface area contributed by atoms with Gasteiger partial charge in [-0.3, -0.25) is 10.1 Å². The Bertz CT molecular complexity index is 196. The number of nitrogens with zero attached hydrogens (tertiary/aromatic N) is 1. The molecule has 0 bridgehead atoms. The van der Waals surface area contributed by atoms with E-state index in [0.29, 0.717) is 0 Å². The third-order valence-electron chi connectivity index (χ3n) is 1.53. The molecule has 0 spiro atoms. The lowest BCUT2D eigenvalue weighted by atomic mass is 10.0.